The molecule has 0 radical (unpaired) electrons. The lowest BCUT2D eigenvalue weighted by Gasteiger charge is -2.18. The van der Waals surface area contributed by atoms with Crippen molar-refractivity contribution in [1.82, 2.24) is 9.97 Å². The first-order valence-electron chi connectivity index (χ1n) is 5.17. The second-order valence-electron chi connectivity index (χ2n) is 3.76. The quantitative estimate of drug-likeness (QED) is 0.863. The van der Waals surface area contributed by atoms with Gasteiger partial charge in [0.2, 0.25) is 5.95 Å². The van der Waals surface area contributed by atoms with Crippen LogP contribution in [0, 0.1) is 12.7 Å². The number of aromatic nitrogens is 2. The molecule has 0 fully saturated rings. The van der Waals surface area contributed by atoms with Crippen molar-refractivity contribution in [3.05, 3.63) is 41.8 Å². The van der Waals surface area contributed by atoms with E-state index in [9.17, 15) is 4.39 Å². The molecule has 0 amide bonds. The molecule has 0 aliphatic rings. The van der Waals surface area contributed by atoms with Crippen LogP contribution in [0.15, 0.2) is 30.3 Å². The first-order valence-corrected chi connectivity index (χ1v) is 5.17. The molecule has 0 saturated heterocycles. The van der Waals surface area contributed by atoms with E-state index in [0.717, 1.165) is 5.69 Å². The Balaban J connectivity index is 2.39. The third-order valence-corrected chi connectivity index (χ3v) is 2.40. The van der Waals surface area contributed by atoms with E-state index in [2.05, 4.69) is 9.97 Å². The summed E-state index contributed by atoms with van der Waals surface area (Å²) in [5.41, 5.74) is 7.07. The molecule has 17 heavy (non-hydrogen) atoms. The third kappa shape index (κ3) is 2.50. The Labute approximate surface area is 98.9 Å². The van der Waals surface area contributed by atoms with Gasteiger partial charge in [-0.25, -0.2) is 9.37 Å². The van der Waals surface area contributed by atoms with Crippen LogP contribution in [0.25, 0.3) is 0 Å². The van der Waals surface area contributed by atoms with Gasteiger partial charge in [0, 0.05) is 24.5 Å². The van der Waals surface area contributed by atoms with Gasteiger partial charge in [-0.15, -0.1) is 0 Å². The number of rotatable bonds is 2. The number of nitrogens with two attached hydrogens (primary N) is 1. The van der Waals surface area contributed by atoms with Gasteiger partial charge in [-0.05, 0) is 25.1 Å². The molecule has 0 aliphatic carbocycles. The predicted octanol–water partition coefficient (Wildman–Crippen LogP) is 2.27. The molecular weight excluding hydrogens is 219 g/mol. The van der Waals surface area contributed by atoms with Crippen LogP contribution in [0.4, 0.5) is 21.8 Å². The molecule has 0 unspecified atom stereocenters. The summed E-state index contributed by atoms with van der Waals surface area (Å²) in [6.45, 7) is 1.83. The largest absolute Gasteiger partial charge is 0.368 e. The number of halogens is 1. The van der Waals surface area contributed by atoms with Crippen LogP contribution in [-0.4, -0.2) is 17.0 Å². The molecule has 88 valence electrons. The number of hydrogen-bond donors (Lipinski definition) is 1. The number of hydrogen-bond acceptors (Lipinski definition) is 4. The molecule has 1 heterocycles. The molecule has 1 aromatic carbocycles. The van der Waals surface area contributed by atoms with Gasteiger partial charge in [0.1, 0.15) is 11.6 Å². The van der Waals surface area contributed by atoms with Gasteiger partial charge in [-0.2, -0.15) is 4.98 Å². The fourth-order valence-electron chi connectivity index (χ4n) is 1.56. The highest BCUT2D eigenvalue weighted by molar-refractivity contribution is 5.60. The Hall–Kier alpha value is -2.17. The van der Waals surface area contributed by atoms with Gasteiger partial charge in [0.15, 0.2) is 0 Å². The van der Waals surface area contributed by atoms with Crippen LogP contribution >= 0.6 is 0 Å². The summed E-state index contributed by atoms with van der Waals surface area (Å²) in [7, 11) is 1.80. The number of benzene rings is 1. The van der Waals surface area contributed by atoms with Gasteiger partial charge in [0.25, 0.3) is 0 Å². The van der Waals surface area contributed by atoms with Crippen molar-refractivity contribution in [2.75, 3.05) is 17.7 Å². The number of nitrogens with zero attached hydrogens (tertiary/aromatic N) is 3. The summed E-state index contributed by atoms with van der Waals surface area (Å²) in [5.74, 6) is 0.567. The Morgan fingerprint density at radius 2 is 2.00 bits per heavy atom. The summed E-state index contributed by atoms with van der Waals surface area (Å²) in [6, 6.07) is 8.08. The number of nitrogen functional groups attached to an aromatic ring is 1. The minimum absolute atomic E-state index is 0.211. The highest BCUT2D eigenvalue weighted by Crippen LogP contribution is 2.22. The Bertz CT molecular complexity index is 522. The second-order valence-corrected chi connectivity index (χ2v) is 3.76. The van der Waals surface area contributed by atoms with E-state index in [-0.39, 0.29) is 11.8 Å². The molecule has 0 bridgehead atoms. The molecule has 5 heteroatoms. The van der Waals surface area contributed by atoms with E-state index in [4.69, 9.17) is 5.73 Å². The van der Waals surface area contributed by atoms with Crippen molar-refractivity contribution >= 4 is 17.5 Å². The van der Waals surface area contributed by atoms with Gasteiger partial charge < -0.3 is 10.6 Å². The van der Waals surface area contributed by atoms with Crippen molar-refractivity contribution in [1.29, 1.82) is 0 Å². The van der Waals surface area contributed by atoms with Gasteiger partial charge in [-0.3, -0.25) is 0 Å². The molecular formula is C12H13FN4. The second kappa shape index (κ2) is 4.37. The zero-order chi connectivity index (χ0) is 12.4. The van der Waals surface area contributed by atoms with Crippen LogP contribution in [0.2, 0.25) is 0 Å². The number of aryl methyl sites for hydroxylation is 1. The van der Waals surface area contributed by atoms with Gasteiger partial charge in [-0.1, -0.05) is 6.07 Å². The highest BCUT2D eigenvalue weighted by Gasteiger charge is 2.08. The summed E-state index contributed by atoms with van der Waals surface area (Å²) < 4.78 is 13.1. The van der Waals surface area contributed by atoms with E-state index < -0.39 is 0 Å². The Morgan fingerprint density at radius 1 is 1.24 bits per heavy atom. The average molecular weight is 232 g/mol. The minimum Gasteiger partial charge on any atom is -0.368 e. The SMILES string of the molecule is Cc1cc(N(C)c2cccc(F)c2)nc(N)n1. The lowest BCUT2D eigenvalue weighted by atomic mass is 10.3. The average Bonchev–Trinajstić information content (AvgIpc) is 2.26. The topological polar surface area (TPSA) is 55.0 Å². The van der Waals surface area contributed by atoms with Crippen LogP contribution in [-0.2, 0) is 0 Å². The predicted molar refractivity (Wildman–Crippen MR) is 65.6 cm³/mol. The molecule has 0 aliphatic heterocycles. The molecule has 2 N–H and O–H groups in total. The smallest absolute Gasteiger partial charge is 0.222 e. The van der Waals surface area contributed by atoms with Crippen molar-refractivity contribution in [2.24, 2.45) is 0 Å². The molecule has 0 atom stereocenters. The van der Waals surface area contributed by atoms with E-state index in [1.54, 1.807) is 30.1 Å². The maximum absolute atomic E-state index is 13.1. The molecule has 0 spiro atoms. The van der Waals surface area contributed by atoms with Crippen molar-refractivity contribution in [2.45, 2.75) is 6.92 Å². The lowest BCUT2D eigenvalue weighted by molar-refractivity contribution is 0.628. The standard InChI is InChI=1S/C12H13FN4/c1-8-6-11(16-12(14)15-8)17(2)10-5-3-4-9(13)7-10/h3-7H,1-2H3,(H2,14,15,16). The van der Waals surface area contributed by atoms with Crippen LogP contribution in [0.5, 0.6) is 0 Å². The van der Waals surface area contributed by atoms with E-state index in [0.29, 0.717) is 11.5 Å². The van der Waals surface area contributed by atoms with E-state index in [1.165, 1.54) is 12.1 Å². The highest BCUT2D eigenvalue weighted by atomic mass is 19.1. The van der Waals surface area contributed by atoms with Crippen molar-refractivity contribution in [3.8, 4) is 0 Å². The normalized spacial score (nSPS) is 10.3. The minimum atomic E-state index is -0.284. The summed E-state index contributed by atoms with van der Waals surface area (Å²) in [5, 5.41) is 0. The van der Waals surface area contributed by atoms with Gasteiger partial charge in [0.05, 0.1) is 0 Å². The van der Waals surface area contributed by atoms with Gasteiger partial charge >= 0.3 is 0 Å². The molecule has 0 saturated carbocycles. The molecule has 2 rings (SSSR count). The zero-order valence-electron chi connectivity index (χ0n) is 9.68. The van der Waals surface area contributed by atoms with Crippen molar-refractivity contribution < 1.29 is 4.39 Å². The fourth-order valence-corrected chi connectivity index (χ4v) is 1.56. The van der Waals surface area contributed by atoms with E-state index in [1.807, 2.05) is 6.92 Å². The summed E-state index contributed by atoms with van der Waals surface area (Å²) in [4.78, 5) is 9.86. The zero-order valence-corrected chi connectivity index (χ0v) is 9.68. The van der Waals surface area contributed by atoms with Crippen LogP contribution in [0.3, 0.4) is 0 Å². The fraction of sp³-hybridized carbons (Fsp3) is 0.167. The first-order chi connectivity index (χ1) is 8.06. The number of anilines is 3. The molecule has 4 nitrogen and oxygen atoms in total. The first kappa shape index (κ1) is 11.3. The molecule has 2 aromatic rings. The summed E-state index contributed by atoms with van der Waals surface area (Å²) in [6.07, 6.45) is 0. The summed E-state index contributed by atoms with van der Waals surface area (Å²) >= 11 is 0. The Morgan fingerprint density at radius 3 is 2.65 bits per heavy atom. The maximum atomic E-state index is 13.1. The van der Waals surface area contributed by atoms with Crippen LogP contribution in [0.1, 0.15) is 5.69 Å². The molecule has 1 aromatic heterocycles. The van der Waals surface area contributed by atoms with Crippen LogP contribution < -0.4 is 10.6 Å². The lowest BCUT2D eigenvalue weighted by Crippen LogP contribution is -2.13. The Kier molecular flexibility index (Phi) is 2.91. The monoisotopic (exact) mass is 232 g/mol. The third-order valence-electron chi connectivity index (χ3n) is 2.40. The maximum Gasteiger partial charge on any atom is 0.222 e. The van der Waals surface area contributed by atoms with Crippen molar-refractivity contribution in [3.63, 3.8) is 0 Å². The van der Waals surface area contributed by atoms with E-state index >= 15 is 0 Å².